The number of ether oxygens (including phenoxy) is 1. The van der Waals surface area contributed by atoms with E-state index in [0.29, 0.717) is 12.0 Å². The van der Waals surface area contributed by atoms with Crippen LogP contribution in [0.4, 0.5) is 0 Å². The minimum Gasteiger partial charge on any atom is -0.385 e. The van der Waals surface area contributed by atoms with Gasteiger partial charge in [-0.15, -0.1) is 24.0 Å². The number of rotatable bonds is 13. The number of aliphatic imine (C=N–C) groups is 1. The Labute approximate surface area is 173 Å². The first-order chi connectivity index (χ1) is 11.4. The van der Waals surface area contributed by atoms with Crippen molar-refractivity contribution in [2.45, 2.75) is 39.7 Å². The molecule has 0 radical (unpaired) electrons. The highest BCUT2D eigenvalue weighted by molar-refractivity contribution is 14.0. The summed E-state index contributed by atoms with van der Waals surface area (Å²) < 4.78 is 5.09. The molecule has 0 aliphatic heterocycles. The fourth-order valence-corrected chi connectivity index (χ4v) is 2.49. The summed E-state index contributed by atoms with van der Waals surface area (Å²) >= 11 is 0. The van der Waals surface area contributed by atoms with Gasteiger partial charge in [0.2, 0.25) is 0 Å². The quantitative estimate of drug-likeness (QED) is 0.187. The molecule has 6 nitrogen and oxygen atoms in total. The van der Waals surface area contributed by atoms with Gasteiger partial charge in [0.25, 0.3) is 0 Å². The van der Waals surface area contributed by atoms with Gasteiger partial charge in [-0.05, 0) is 46.8 Å². The number of guanidine groups is 1. The molecule has 1 atom stereocenters. The molecule has 0 fully saturated rings. The number of halogens is 1. The van der Waals surface area contributed by atoms with Crippen molar-refractivity contribution in [1.82, 2.24) is 20.4 Å². The molecular weight excluding hydrogens is 429 g/mol. The summed E-state index contributed by atoms with van der Waals surface area (Å²) in [6, 6.07) is 0.483. The van der Waals surface area contributed by atoms with E-state index in [-0.39, 0.29) is 24.0 Å². The number of methoxy groups -OCH3 is 1. The Morgan fingerprint density at radius 3 is 2.32 bits per heavy atom. The molecule has 0 saturated carbocycles. The molecule has 0 spiro atoms. The fraction of sp³-hybridized carbons (Fsp3) is 0.944. The van der Waals surface area contributed by atoms with Crippen molar-refractivity contribution in [2.24, 2.45) is 10.9 Å². The largest absolute Gasteiger partial charge is 0.385 e. The van der Waals surface area contributed by atoms with E-state index in [1.54, 1.807) is 7.11 Å². The lowest BCUT2D eigenvalue weighted by Crippen LogP contribution is -2.42. The predicted octanol–water partition coefficient (Wildman–Crippen LogP) is 2.10. The van der Waals surface area contributed by atoms with Crippen LogP contribution >= 0.6 is 24.0 Å². The summed E-state index contributed by atoms with van der Waals surface area (Å²) in [4.78, 5) is 9.37. The van der Waals surface area contributed by atoms with Crippen molar-refractivity contribution in [1.29, 1.82) is 0 Å². The second-order valence-electron chi connectivity index (χ2n) is 7.04. The molecule has 0 aliphatic carbocycles. The Hall–Kier alpha value is -0.120. The van der Waals surface area contributed by atoms with Gasteiger partial charge >= 0.3 is 0 Å². The van der Waals surface area contributed by atoms with Crippen LogP contribution in [0.1, 0.15) is 33.6 Å². The predicted molar refractivity (Wildman–Crippen MR) is 120 cm³/mol. The highest BCUT2D eigenvalue weighted by Crippen LogP contribution is 2.09. The SMILES string of the molecule is CCNC(=NCC(CC(C)C)N(C)C)NCCN(C)CCCOC.I. The van der Waals surface area contributed by atoms with E-state index in [1.165, 1.54) is 0 Å². The van der Waals surface area contributed by atoms with Crippen LogP contribution in [0, 0.1) is 5.92 Å². The average Bonchev–Trinajstić information content (AvgIpc) is 2.50. The van der Waals surface area contributed by atoms with Crippen molar-refractivity contribution < 1.29 is 4.74 Å². The molecule has 0 aromatic rings. The lowest BCUT2D eigenvalue weighted by Gasteiger charge is -2.25. The minimum atomic E-state index is 0. The second-order valence-corrected chi connectivity index (χ2v) is 7.04. The molecule has 0 aromatic heterocycles. The van der Waals surface area contributed by atoms with Crippen LogP contribution in [0.25, 0.3) is 0 Å². The Morgan fingerprint density at radius 1 is 1.12 bits per heavy atom. The summed E-state index contributed by atoms with van der Waals surface area (Å²) in [6.07, 6.45) is 2.24. The third-order valence-corrected chi connectivity index (χ3v) is 3.95. The number of nitrogens with one attached hydrogen (secondary N) is 2. The fourth-order valence-electron chi connectivity index (χ4n) is 2.49. The maximum atomic E-state index is 5.09. The number of likely N-dealkylation sites (N-methyl/N-ethyl adjacent to an activating group) is 2. The zero-order valence-corrected chi connectivity index (χ0v) is 19.8. The molecule has 0 aromatic carbocycles. The summed E-state index contributed by atoms with van der Waals surface area (Å²) in [5.74, 6) is 1.60. The molecule has 152 valence electrons. The van der Waals surface area contributed by atoms with Crippen LogP contribution in [-0.4, -0.2) is 89.4 Å². The average molecular weight is 471 g/mol. The first-order valence-electron chi connectivity index (χ1n) is 9.26. The van der Waals surface area contributed by atoms with Gasteiger partial charge in [-0.2, -0.15) is 0 Å². The number of nitrogens with zero attached hydrogens (tertiary/aromatic N) is 3. The topological polar surface area (TPSA) is 52.1 Å². The van der Waals surface area contributed by atoms with Gasteiger partial charge in [-0.25, -0.2) is 0 Å². The van der Waals surface area contributed by atoms with Gasteiger partial charge < -0.3 is 25.2 Å². The summed E-state index contributed by atoms with van der Waals surface area (Å²) in [7, 11) is 8.17. The Balaban J connectivity index is 0. The molecule has 0 bridgehead atoms. The number of hydrogen-bond acceptors (Lipinski definition) is 4. The Morgan fingerprint density at radius 2 is 1.80 bits per heavy atom. The van der Waals surface area contributed by atoms with E-state index in [0.717, 1.165) is 58.1 Å². The molecule has 0 heterocycles. The third kappa shape index (κ3) is 15.8. The molecule has 2 N–H and O–H groups in total. The summed E-state index contributed by atoms with van der Waals surface area (Å²) in [6.45, 7) is 12.1. The smallest absolute Gasteiger partial charge is 0.191 e. The van der Waals surface area contributed by atoms with Gasteiger partial charge in [0.1, 0.15) is 0 Å². The lowest BCUT2D eigenvalue weighted by molar-refractivity contribution is 0.180. The Kier molecular flexibility index (Phi) is 18.8. The van der Waals surface area contributed by atoms with E-state index in [9.17, 15) is 0 Å². The monoisotopic (exact) mass is 471 g/mol. The molecule has 0 amide bonds. The highest BCUT2D eigenvalue weighted by atomic mass is 127. The zero-order chi connectivity index (χ0) is 18.4. The maximum absolute atomic E-state index is 5.09. The van der Waals surface area contributed by atoms with Gasteiger partial charge in [-0.1, -0.05) is 13.8 Å². The summed E-state index contributed by atoms with van der Waals surface area (Å²) in [5.41, 5.74) is 0. The van der Waals surface area contributed by atoms with Gasteiger partial charge in [0.05, 0.1) is 6.54 Å². The Bertz CT molecular complexity index is 327. The van der Waals surface area contributed by atoms with Gasteiger partial charge in [-0.3, -0.25) is 4.99 Å². The van der Waals surface area contributed by atoms with Crippen LogP contribution in [-0.2, 0) is 4.74 Å². The van der Waals surface area contributed by atoms with Crippen LogP contribution in [0.2, 0.25) is 0 Å². The number of hydrogen-bond donors (Lipinski definition) is 2. The van der Waals surface area contributed by atoms with E-state index in [1.807, 2.05) is 0 Å². The maximum Gasteiger partial charge on any atom is 0.191 e. The third-order valence-electron chi connectivity index (χ3n) is 3.95. The molecule has 25 heavy (non-hydrogen) atoms. The molecular formula is C18H42IN5O. The van der Waals surface area contributed by atoms with Crippen LogP contribution < -0.4 is 10.6 Å². The van der Waals surface area contributed by atoms with Crippen LogP contribution in [0.15, 0.2) is 4.99 Å². The molecule has 0 rings (SSSR count). The van der Waals surface area contributed by atoms with Crippen molar-refractivity contribution in [3.05, 3.63) is 0 Å². The molecule has 0 aliphatic rings. The standard InChI is InChI=1S/C18H41N5O.HI/c1-8-19-18(20-10-12-23(6)11-9-13-24-7)21-15-17(22(4)5)14-16(2)3;/h16-17H,8-15H2,1-7H3,(H2,19,20,21);1H. The van der Waals surface area contributed by atoms with E-state index in [2.05, 4.69) is 62.3 Å². The molecule has 0 saturated heterocycles. The highest BCUT2D eigenvalue weighted by Gasteiger charge is 2.13. The first kappa shape index (κ1) is 27.1. The van der Waals surface area contributed by atoms with Gasteiger partial charge in [0.15, 0.2) is 5.96 Å². The molecule has 1 unspecified atom stereocenters. The normalized spacial score (nSPS) is 13.3. The first-order valence-corrected chi connectivity index (χ1v) is 9.26. The van der Waals surface area contributed by atoms with Crippen molar-refractivity contribution in [3.8, 4) is 0 Å². The van der Waals surface area contributed by atoms with Crippen molar-refractivity contribution >= 4 is 29.9 Å². The van der Waals surface area contributed by atoms with Crippen LogP contribution in [0.5, 0.6) is 0 Å². The van der Waals surface area contributed by atoms with Crippen molar-refractivity contribution in [3.63, 3.8) is 0 Å². The second kappa shape index (κ2) is 17.3. The lowest BCUT2D eigenvalue weighted by atomic mass is 10.0. The molecule has 7 heteroatoms. The van der Waals surface area contributed by atoms with Crippen molar-refractivity contribution in [2.75, 3.05) is 67.6 Å². The van der Waals surface area contributed by atoms with E-state index in [4.69, 9.17) is 9.73 Å². The summed E-state index contributed by atoms with van der Waals surface area (Å²) in [5, 5.41) is 6.78. The van der Waals surface area contributed by atoms with Crippen LogP contribution in [0.3, 0.4) is 0 Å². The minimum absolute atomic E-state index is 0. The zero-order valence-electron chi connectivity index (χ0n) is 17.5. The van der Waals surface area contributed by atoms with Gasteiger partial charge in [0, 0.05) is 45.9 Å². The van der Waals surface area contributed by atoms with E-state index < -0.39 is 0 Å². The van der Waals surface area contributed by atoms with E-state index >= 15 is 0 Å².